The van der Waals surface area contributed by atoms with Gasteiger partial charge < -0.3 is 0 Å². The Hall–Kier alpha value is -1.76. The lowest BCUT2D eigenvalue weighted by atomic mass is 9.88. The first-order valence-corrected chi connectivity index (χ1v) is 4.17. The predicted octanol–water partition coefficient (Wildman–Crippen LogP) is 1.65. The smallest absolute Gasteiger partial charge is 0.211 e. The molecule has 0 heterocycles. The summed E-state index contributed by atoms with van der Waals surface area (Å²) in [7, 11) is 0. The van der Waals surface area contributed by atoms with Crippen molar-refractivity contribution in [2.45, 2.75) is 25.8 Å². The minimum atomic E-state index is -0.548. The minimum Gasteiger partial charge on any atom is -0.211 e. The first-order valence-electron chi connectivity index (χ1n) is 4.17. The van der Waals surface area contributed by atoms with Crippen LogP contribution in [0.5, 0.6) is 0 Å². The van der Waals surface area contributed by atoms with Crippen LogP contribution in [0.1, 0.15) is 20.3 Å². The Balaban J connectivity index is 3.01. The lowest BCUT2D eigenvalue weighted by Crippen LogP contribution is -2.21. The second kappa shape index (κ2) is 3.97. The molecule has 0 amide bonds. The molecule has 14 heavy (non-hydrogen) atoms. The third kappa shape index (κ3) is 2.13. The van der Waals surface area contributed by atoms with Gasteiger partial charge in [-0.1, -0.05) is 6.08 Å². The van der Waals surface area contributed by atoms with Crippen LogP contribution in [0.25, 0.3) is 0 Å². The summed E-state index contributed by atoms with van der Waals surface area (Å²) in [5, 5.41) is 0. The highest BCUT2D eigenvalue weighted by atomic mass is 16.1. The first kappa shape index (κ1) is 10.3. The zero-order valence-corrected chi connectivity index (χ0v) is 8.07. The van der Waals surface area contributed by atoms with Crippen molar-refractivity contribution in [2.24, 2.45) is 9.98 Å². The van der Waals surface area contributed by atoms with Crippen LogP contribution in [-0.2, 0) is 9.59 Å². The zero-order valence-electron chi connectivity index (χ0n) is 8.07. The molecular formula is C10H10N2O2. The van der Waals surface area contributed by atoms with Gasteiger partial charge in [0.05, 0.1) is 11.2 Å². The molecule has 0 saturated heterocycles. The summed E-state index contributed by atoms with van der Waals surface area (Å²) in [6, 6.07) is 0. The van der Waals surface area contributed by atoms with E-state index in [1.807, 2.05) is 13.8 Å². The Labute approximate surface area is 81.8 Å². The van der Waals surface area contributed by atoms with Crippen LogP contribution in [0.15, 0.2) is 33.4 Å². The maximum absolute atomic E-state index is 10.2. The molecule has 0 saturated carbocycles. The molecule has 1 unspecified atom stereocenters. The molecule has 1 aliphatic carbocycles. The van der Waals surface area contributed by atoms with Crippen LogP contribution in [0.2, 0.25) is 0 Å². The van der Waals surface area contributed by atoms with Gasteiger partial charge in [0, 0.05) is 0 Å². The minimum absolute atomic E-state index is 0.548. The van der Waals surface area contributed by atoms with Crippen LogP contribution < -0.4 is 0 Å². The Bertz CT molecular complexity index is 396. The van der Waals surface area contributed by atoms with Gasteiger partial charge in [-0.2, -0.15) is 9.98 Å². The van der Waals surface area contributed by atoms with E-state index < -0.39 is 5.54 Å². The fraction of sp³-hybridized carbons (Fsp3) is 0.400. The van der Waals surface area contributed by atoms with Gasteiger partial charge >= 0.3 is 0 Å². The molecule has 1 aliphatic rings. The van der Waals surface area contributed by atoms with E-state index in [9.17, 15) is 9.59 Å². The predicted molar refractivity (Wildman–Crippen MR) is 51.1 cm³/mol. The van der Waals surface area contributed by atoms with E-state index in [-0.39, 0.29) is 0 Å². The third-order valence-corrected chi connectivity index (χ3v) is 2.13. The second-order valence-electron chi connectivity index (χ2n) is 3.44. The van der Waals surface area contributed by atoms with Crippen molar-refractivity contribution < 1.29 is 9.59 Å². The molecule has 0 aromatic heterocycles. The van der Waals surface area contributed by atoms with Gasteiger partial charge in [-0.25, -0.2) is 9.59 Å². The standard InChI is InChI=1S/C10H10N2O2/c1-8-5-10(2,12-7-14)4-3-9(8)11-6-13/h3-4H,5H2,1-2H3. The summed E-state index contributed by atoms with van der Waals surface area (Å²) < 4.78 is 0. The Morgan fingerprint density at radius 2 is 2.14 bits per heavy atom. The number of rotatable bonds is 2. The molecular weight excluding hydrogens is 180 g/mol. The Kier molecular flexibility index (Phi) is 2.92. The Morgan fingerprint density at radius 1 is 1.43 bits per heavy atom. The largest absolute Gasteiger partial charge is 0.240 e. The van der Waals surface area contributed by atoms with Crippen molar-refractivity contribution in [1.82, 2.24) is 0 Å². The fourth-order valence-electron chi connectivity index (χ4n) is 1.45. The van der Waals surface area contributed by atoms with Gasteiger partial charge in [-0.3, -0.25) is 0 Å². The summed E-state index contributed by atoms with van der Waals surface area (Å²) in [5.41, 5.74) is 0.962. The number of carbonyl (C=O) groups excluding carboxylic acids is 2. The van der Waals surface area contributed by atoms with E-state index in [0.717, 1.165) is 5.57 Å². The van der Waals surface area contributed by atoms with Crippen LogP contribution in [0.4, 0.5) is 0 Å². The van der Waals surface area contributed by atoms with Crippen molar-refractivity contribution in [3.8, 4) is 0 Å². The van der Waals surface area contributed by atoms with E-state index in [0.29, 0.717) is 12.1 Å². The van der Waals surface area contributed by atoms with Crippen LogP contribution in [-0.4, -0.2) is 17.7 Å². The number of hydrogen-bond donors (Lipinski definition) is 0. The van der Waals surface area contributed by atoms with E-state index in [2.05, 4.69) is 9.98 Å². The van der Waals surface area contributed by atoms with Crippen molar-refractivity contribution in [3.05, 3.63) is 23.4 Å². The molecule has 0 fully saturated rings. The molecule has 0 aliphatic heterocycles. The zero-order chi connectivity index (χ0) is 10.6. The highest BCUT2D eigenvalue weighted by Crippen LogP contribution is 2.29. The van der Waals surface area contributed by atoms with E-state index in [4.69, 9.17) is 0 Å². The molecule has 0 aromatic carbocycles. The monoisotopic (exact) mass is 190 g/mol. The highest BCUT2D eigenvalue weighted by molar-refractivity contribution is 5.45. The van der Waals surface area contributed by atoms with E-state index >= 15 is 0 Å². The number of allylic oxidation sites excluding steroid dienone is 1. The number of hydrogen-bond acceptors (Lipinski definition) is 4. The van der Waals surface area contributed by atoms with Crippen molar-refractivity contribution in [1.29, 1.82) is 0 Å². The lowest BCUT2D eigenvalue weighted by Gasteiger charge is -2.23. The first-order chi connectivity index (χ1) is 6.61. The van der Waals surface area contributed by atoms with Crippen molar-refractivity contribution >= 4 is 12.2 Å². The molecule has 0 aromatic rings. The SMILES string of the molecule is CC1=C(N=C=O)C=CC(C)(N=C=O)C1. The third-order valence-electron chi connectivity index (χ3n) is 2.13. The summed E-state index contributed by atoms with van der Waals surface area (Å²) >= 11 is 0. The molecule has 72 valence electrons. The number of isocyanates is 2. The maximum atomic E-state index is 10.2. The molecule has 0 bridgehead atoms. The van der Waals surface area contributed by atoms with Gasteiger partial charge in [-0.15, -0.1) is 0 Å². The summed E-state index contributed by atoms with van der Waals surface area (Å²) in [4.78, 5) is 27.5. The maximum Gasteiger partial charge on any atom is 0.240 e. The number of nitrogens with zero attached hydrogens (tertiary/aromatic N) is 2. The average Bonchev–Trinajstić information content (AvgIpc) is 2.10. The molecule has 0 spiro atoms. The van der Waals surface area contributed by atoms with Crippen molar-refractivity contribution in [2.75, 3.05) is 0 Å². The fourth-order valence-corrected chi connectivity index (χ4v) is 1.45. The normalized spacial score (nSPS) is 25.3. The average molecular weight is 190 g/mol. The molecule has 4 nitrogen and oxygen atoms in total. The van der Waals surface area contributed by atoms with Gasteiger partial charge in [0.1, 0.15) is 0 Å². The van der Waals surface area contributed by atoms with Crippen LogP contribution in [0.3, 0.4) is 0 Å². The molecule has 1 atom stereocenters. The summed E-state index contributed by atoms with van der Waals surface area (Å²) in [6.07, 6.45) is 7.00. The molecule has 0 N–H and O–H groups in total. The number of aliphatic imine (C=N–C) groups is 2. The topological polar surface area (TPSA) is 58.9 Å². The van der Waals surface area contributed by atoms with Gasteiger partial charge in [0.25, 0.3) is 0 Å². The van der Waals surface area contributed by atoms with Crippen molar-refractivity contribution in [3.63, 3.8) is 0 Å². The highest BCUT2D eigenvalue weighted by Gasteiger charge is 2.24. The van der Waals surface area contributed by atoms with Gasteiger partial charge in [-0.05, 0) is 31.9 Å². The summed E-state index contributed by atoms with van der Waals surface area (Å²) in [6.45, 7) is 3.66. The lowest BCUT2D eigenvalue weighted by molar-refractivity contribution is 0.531. The van der Waals surface area contributed by atoms with Gasteiger partial charge in [0.15, 0.2) is 0 Å². The van der Waals surface area contributed by atoms with Crippen LogP contribution in [0, 0.1) is 0 Å². The molecule has 1 rings (SSSR count). The van der Waals surface area contributed by atoms with E-state index in [1.54, 1.807) is 12.2 Å². The molecule has 0 radical (unpaired) electrons. The molecule has 4 heteroatoms. The quantitative estimate of drug-likeness (QED) is 0.491. The van der Waals surface area contributed by atoms with E-state index in [1.165, 1.54) is 12.2 Å². The van der Waals surface area contributed by atoms with Crippen LogP contribution >= 0.6 is 0 Å². The van der Waals surface area contributed by atoms with Gasteiger partial charge in [0.2, 0.25) is 12.2 Å². The summed E-state index contributed by atoms with van der Waals surface area (Å²) in [5.74, 6) is 0. The Morgan fingerprint density at radius 3 is 2.64 bits per heavy atom. The second-order valence-corrected chi connectivity index (χ2v) is 3.44.